The monoisotopic (exact) mass is 399 g/mol. The fourth-order valence-electron chi connectivity index (χ4n) is 2.91. The zero-order valence-electron chi connectivity index (χ0n) is 16.1. The fraction of sp³-hybridized carbons (Fsp3) is 0.300. The van der Waals surface area contributed by atoms with E-state index in [1.165, 1.54) is 15.8 Å². The van der Waals surface area contributed by atoms with E-state index < -0.39 is 12.1 Å². The van der Waals surface area contributed by atoms with E-state index in [9.17, 15) is 14.4 Å². The van der Waals surface area contributed by atoms with Gasteiger partial charge in [0.05, 0.1) is 11.7 Å². The average molecular weight is 399 g/mol. The van der Waals surface area contributed by atoms with Crippen molar-refractivity contribution in [2.24, 2.45) is 7.05 Å². The standard InChI is InChI=1S/C20H21N3O4S/c1-12-15-17(21-11-23(4)19(15)25)28-16(12)20(26)27-13(2)18(24)22(3)10-14-8-6-5-7-9-14/h5-9,11,13H,10H2,1-4H3. The topological polar surface area (TPSA) is 81.5 Å². The number of esters is 1. The number of rotatable bonds is 5. The van der Waals surface area contributed by atoms with Crippen LogP contribution in [-0.4, -0.2) is 39.5 Å². The summed E-state index contributed by atoms with van der Waals surface area (Å²) in [6.07, 6.45) is 0.474. The molecular weight excluding hydrogens is 378 g/mol. The molecular formula is C20H21N3O4S. The SMILES string of the molecule is Cc1c(C(=O)OC(C)C(=O)N(C)Cc2ccccc2)sc2ncn(C)c(=O)c12. The summed E-state index contributed by atoms with van der Waals surface area (Å²) in [6.45, 7) is 3.65. The number of hydrogen-bond donors (Lipinski definition) is 0. The van der Waals surface area contributed by atoms with Crippen molar-refractivity contribution in [2.75, 3.05) is 7.05 Å². The Bertz CT molecular complexity index is 1090. The molecule has 7 nitrogen and oxygen atoms in total. The van der Waals surface area contributed by atoms with Crippen molar-refractivity contribution in [3.8, 4) is 0 Å². The lowest BCUT2D eigenvalue weighted by Gasteiger charge is -2.21. The molecule has 0 fully saturated rings. The average Bonchev–Trinajstić information content (AvgIpc) is 3.02. The highest BCUT2D eigenvalue weighted by Crippen LogP contribution is 2.27. The summed E-state index contributed by atoms with van der Waals surface area (Å²) >= 11 is 1.10. The Hall–Kier alpha value is -3.00. The van der Waals surface area contributed by atoms with E-state index in [4.69, 9.17) is 4.74 Å². The van der Waals surface area contributed by atoms with Crippen LogP contribution in [0, 0.1) is 6.92 Å². The molecule has 1 amide bonds. The molecule has 0 radical (unpaired) electrons. The van der Waals surface area contributed by atoms with E-state index in [0.717, 1.165) is 16.9 Å². The number of fused-ring (bicyclic) bond motifs is 1. The maximum atomic E-state index is 12.6. The van der Waals surface area contributed by atoms with Gasteiger partial charge in [-0.2, -0.15) is 0 Å². The number of likely N-dealkylation sites (N-methyl/N-ethyl adjacent to an activating group) is 1. The molecule has 0 saturated heterocycles. The largest absolute Gasteiger partial charge is 0.448 e. The van der Waals surface area contributed by atoms with Gasteiger partial charge in [0.25, 0.3) is 11.5 Å². The minimum Gasteiger partial charge on any atom is -0.448 e. The van der Waals surface area contributed by atoms with Crippen LogP contribution in [0.5, 0.6) is 0 Å². The third-order valence-corrected chi connectivity index (χ3v) is 5.65. The van der Waals surface area contributed by atoms with Crippen LogP contribution in [0.4, 0.5) is 0 Å². The van der Waals surface area contributed by atoms with Gasteiger partial charge in [-0.05, 0) is 25.0 Å². The second kappa shape index (κ2) is 7.93. The molecule has 146 valence electrons. The summed E-state index contributed by atoms with van der Waals surface area (Å²) in [6, 6.07) is 9.56. The first-order valence-corrected chi connectivity index (χ1v) is 9.56. The normalized spacial score (nSPS) is 12.0. The molecule has 0 aliphatic heterocycles. The Labute approximate surface area is 166 Å². The van der Waals surface area contributed by atoms with Gasteiger partial charge in [0, 0.05) is 20.6 Å². The Morgan fingerprint density at radius 2 is 1.96 bits per heavy atom. The third-order valence-electron chi connectivity index (χ3n) is 4.47. The minimum absolute atomic E-state index is 0.218. The Balaban J connectivity index is 1.74. The highest BCUT2D eigenvalue weighted by molar-refractivity contribution is 7.20. The summed E-state index contributed by atoms with van der Waals surface area (Å²) in [5, 5.41) is 0.405. The van der Waals surface area contributed by atoms with Gasteiger partial charge in [-0.3, -0.25) is 9.59 Å². The molecule has 3 aromatic rings. The highest BCUT2D eigenvalue weighted by atomic mass is 32.1. The lowest BCUT2D eigenvalue weighted by atomic mass is 10.2. The number of benzene rings is 1. The second-order valence-electron chi connectivity index (χ2n) is 6.62. The van der Waals surface area contributed by atoms with E-state index in [1.807, 2.05) is 30.3 Å². The van der Waals surface area contributed by atoms with E-state index in [-0.39, 0.29) is 16.3 Å². The molecule has 8 heteroatoms. The van der Waals surface area contributed by atoms with Crippen molar-refractivity contribution in [3.63, 3.8) is 0 Å². The number of hydrogen-bond acceptors (Lipinski definition) is 6. The maximum absolute atomic E-state index is 12.6. The lowest BCUT2D eigenvalue weighted by Crippen LogP contribution is -2.37. The molecule has 0 spiro atoms. The summed E-state index contributed by atoms with van der Waals surface area (Å²) in [5.41, 5.74) is 1.29. The maximum Gasteiger partial charge on any atom is 0.349 e. The van der Waals surface area contributed by atoms with Gasteiger partial charge >= 0.3 is 5.97 Å². The molecule has 0 bridgehead atoms. The van der Waals surface area contributed by atoms with E-state index in [2.05, 4.69) is 4.98 Å². The lowest BCUT2D eigenvalue weighted by molar-refractivity contribution is -0.139. The van der Waals surface area contributed by atoms with E-state index in [0.29, 0.717) is 22.3 Å². The van der Waals surface area contributed by atoms with Gasteiger partial charge in [-0.25, -0.2) is 9.78 Å². The van der Waals surface area contributed by atoms with Gasteiger partial charge in [0.1, 0.15) is 9.71 Å². The van der Waals surface area contributed by atoms with Crippen LogP contribution in [0.3, 0.4) is 0 Å². The van der Waals surface area contributed by atoms with E-state index >= 15 is 0 Å². The first-order valence-electron chi connectivity index (χ1n) is 8.74. The minimum atomic E-state index is -0.943. The molecule has 28 heavy (non-hydrogen) atoms. The van der Waals surface area contributed by atoms with Gasteiger partial charge in [0.15, 0.2) is 6.10 Å². The zero-order valence-corrected chi connectivity index (χ0v) is 16.9. The smallest absolute Gasteiger partial charge is 0.349 e. The zero-order chi connectivity index (χ0) is 20.4. The van der Waals surface area contributed by atoms with Crippen LogP contribution in [0.2, 0.25) is 0 Å². The van der Waals surface area contributed by atoms with Crippen LogP contribution in [0.1, 0.15) is 27.7 Å². The molecule has 2 aromatic heterocycles. The van der Waals surface area contributed by atoms with Crippen LogP contribution in [0.15, 0.2) is 41.5 Å². The van der Waals surface area contributed by atoms with Crippen LogP contribution in [-0.2, 0) is 23.1 Å². The Morgan fingerprint density at radius 1 is 1.29 bits per heavy atom. The summed E-state index contributed by atoms with van der Waals surface area (Å²) in [4.78, 5) is 43.9. The van der Waals surface area contributed by atoms with Gasteiger partial charge in [0.2, 0.25) is 0 Å². The number of carbonyl (C=O) groups excluding carboxylic acids is 2. The molecule has 1 aromatic carbocycles. The number of aromatic nitrogens is 2. The molecule has 0 saturated carbocycles. The van der Waals surface area contributed by atoms with Crippen molar-refractivity contribution >= 4 is 33.4 Å². The number of ether oxygens (including phenoxy) is 1. The molecule has 0 aliphatic carbocycles. The molecule has 1 unspecified atom stereocenters. The molecule has 2 heterocycles. The predicted octanol–water partition coefficient (Wildman–Crippen LogP) is 2.51. The van der Waals surface area contributed by atoms with Crippen LogP contribution >= 0.6 is 11.3 Å². The van der Waals surface area contributed by atoms with E-state index in [1.54, 1.807) is 27.9 Å². The van der Waals surface area contributed by atoms with Crippen LogP contribution < -0.4 is 5.56 Å². The van der Waals surface area contributed by atoms with Gasteiger partial charge in [-0.1, -0.05) is 30.3 Å². The Morgan fingerprint density at radius 3 is 2.64 bits per heavy atom. The van der Waals surface area contributed by atoms with Crippen molar-refractivity contribution < 1.29 is 14.3 Å². The first kappa shape index (κ1) is 19.8. The second-order valence-corrected chi connectivity index (χ2v) is 7.62. The highest BCUT2D eigenvalue weighted by Gasteiger charge is 2.26. The van der Waals surface area contributed by atoms with Crippen molar-refractivity contribution in [2.45, 2.75) is 26.5 Å². The summed E-state index contributed by atoms with van der Waals surface area (Å²) < 4.78 is 6.74. The summed E-state index contributed by atoms with van der Waals surface area (Å²) in [7, 11) is 3.27. The number of carbonyl (C=O) groups is 2. The quantitative estimate of drug-likeness (QED) is 0.616. The molecule has 3 rings (SSSR count). The van der Waals surface area contributed by atoms with Crippen molar-refractivity contribution in [3.05, 3.63) is 63.0 Å². The number of nitrogens with zero attached hydrogens (tertiary/aromatic N) is 3. The van der Waals surface area contributed by atoms with Gasteiger partial charge in [-0.15, -0.1) is 11.3 Å². The first-order chi connectivity index (χ1) is 13.3. The predicted molar refractivity (Wildman–Crippen MR) is 107 cm³/mol. The Kier molecular flexibility index (Phi) is 5.60. The molecule has 0 N–H and O–H groups in total. The van der Waals surface area contributed by atoms with Gasteiger partial charge < -0.3 is 14.2 Å². The van der Waals surface area contributed by atoms with Crippen molar-refractivity contribution in [1.82, 2.24) is 14.5 Å². The molecule has 1 atom stereocenters. The summed E-state index contributed by atoms with van der Waals surface area (Å²) in [5.74, 6) is -0.929. The third kappa shape index (κ3) is 3.82. The fourth-order valence-corrected chi connectivity index (χ4v) is 3.94. The number of thiophene rings is 1. The molecule has 0 aliphatic rings. The number of aryl methyl sites for hydroxylation is 2. The number of amides is 1. The van der Waals surface area contributed by atoms with Crippen LogP contribution in [0.25, 0.3) is 10.2 Å². The van der Waals surface area contributed by atoms with Crippen molar-refractivity contribution in [1.29, 1.82) is 0 Å².